The lowest BCUT2D eigenvalue weighted by molar-refractivity contribution is 0.578. The first-order valence-corrected chi connectivity index (χ1v) is 13.7. The Hall–Kier alpha value is -2.13. The van der Waals surface area contributed by atoms with Crippen molar-refractivity contribution in [2.24, 2.45) is 0 Å². The van der Waals surface area contributed by atoms with Gasteiger partial charge in [0.25, 0.3) is 0 Å². The third-order valence-electron chi connectivity index (χ3n) is 8.27. The molecule has 4 aromatic carbocycles. The van der Waals surface area contributed by atoms with Gasteiger partial charge in [0.1, 0.15) is 0 Å². The fraction of sp³-hybridized carbons (Fsp3) is 0.394. The van der Waals surface area contributed by atoms with E-state index >= 15 is 0 Å². The van der Waals surface area contributed by atoms with E-state index < -0.39 is 0 Å². The quantitative estimate of drug-likeness (QED) is 0.241. The van der Waals surface area contributed by atoms with Gasteiger partial charge in [0.2, 0.25) is 0 Å². The molecule has 2 aliphatic rings. The van der Waals surface area contributed by atoms with E-state index in [9.17, 15) is 0 Å². The van der Waals surface area contributed by atoms with Gasteiger partial charge in [-0.2, -0.15) is 0 Å². The molecule has 0 radical (unpaired) electrons. The molecule has 0 atom stereocenters. The van der Waals surface area contributed by atoms with E-state index in [1.807, 2.05) is 0 Å². The first kappa shape index (κ1) is 30.4. The summed E-state index contributed by atoms with van der Waals surface area (Å²) in [5.74, 6) is 0. The molecule has 0 aromatic heterocycles. The molecule has 204 valence electrons. The number of hydrogen-bond donors (Lipinski definition) is 0. The van der Waals surface area contributed by atoms with Crippen molar-refractivity contribution in [3.63, 3.8) is 0 Å². The van der Waals surface area contributed by atoms with Crippen molar-refractivity contribution in [1.29, 1.82) is 0 Å². The molecule has 2 nitrogen and oxygen atoms in total. The molecule has 0 unspecified atom stereocenters. The van der Waals surface area contributed by atoms with Gasteiger partial charge in [-0.25, -0.2) is 0 Å². The number of fused-ring (bicyclic) bond motifs is 2. The van der Waals surface area contributed by atoms with Gasteiger partial charge in [-0.05, 0) is 127 Å². The second kappa shape index (κ2) is 13.3. The van der Waals surface area contributed by atoms with Crippen molar-refractivity contribution in [1.82, 2.24) is 0 Å². The minimum atomic E-state index is 0. The van der Waals surface area contributed by atoms with E-state index in [2.05, 4.69) is 84.3 Å². The Morgan fingerprint density at radius 2 is 0.895 bits per heavy atom. The maximum atomic E-state index is 2.57. The molecule has 6 rings (SSSR count). The van der Waals surface area contributed by atoms with E-state index in [0.29, 0.717) is 0 Å². The Morgan fingerprint density at radius 1 is 0.500 bits per heavy atom. The highest BCUT2D eigenvalue weighted by molar-refractivity contribution is 5.91. The van der Waals surface area contributed by atoms with Crippen molar-refractivity contribution in [3.05, 3.63) is 82.9 Å². The minimum absolute atomic E-state index is 0. The van der Waals surface area contributed by atoms with Crippen molar-refractivity contribution >= 4 is 70.1 Å². The lowest BCUT2D eigenvalue weighted by Crippen LogP contribution is -2.29. The van der Waals surface area contributed by atoms with Crippen LogP contribution in [0.3, 0.4) is 0 Å². The average Bonchev–Trinajstić information content (AvgIpc) is 2.90. The number of aryl methyl sites for hydroxylation is 2. The number of nitrogens with zero attached hydrogens (tertiary/aromatic N) is 2. The van der Waals surface area contributed by atoms with Gasteiger partial charge in [0.05, 0.1) is 0 Å². The predicted molar refractivity (Wildman–Crippen MR) is 174 cm³/mol. The smallest absolute Gasteiger partial charge is 0.0375 e. The molecule has 2 aliphatic heterocycles. The van der Waals surface area contributed by atoms with Crippen LogP contribution in [0.4, 0.5) is 11.4 Å². The topological polar surface area (TPSA) is 6.48 Å². The van der Waals surface area contributed by atoms with Crippen LogP contribution in [0, 0.1) is 13.8 Å². The van der Waals surface area contributed by atoms with Crippen molar-refractivity contribution in [3.8, 4) is 0 Å². The van der Waals surface area contributed by atoms with Gasteiger partial charge < -0.3 is 9.80 Å². The fourth-order valence-corrected chi connectivity index (χ4v) is 6.27. The highest BCUT2D eigenvalue weighted by Gasteiger charge is 2.14. The van der Waals surface area contributed by atoms with Crippen molar-refractivity contribution < 1.29 is 0 Å². The lowest BCUT2D eigenvalue weighted by atomic mass is 9.95. The number of piperidine rings is 2. The zero-order valence-electron chi connectivity index (χ0n) is 22.7. The summed E-state index contributed by atoms with van der Waals surface area (Å²) in [5.41, 5.74) is 8.38. The monoisotopic (exact) mass is 570 g/mol. The maximum Gasteiger partial charge on any atom is 0.0375 e. The number of halogens is 3. The van der Waals surface area contributed by atoms with Crippen LogP contribution in [0.5, 0.6) is 0 Å². The maximum absolute atomic E-state index is 2.57. The summed E-state index contributed by atoms with van der Waals surface area (Å²) in [6, 6.07) is 23.8. The molecule has 2 heterocycles. The Kier molecular flexibility index (Phi) is 10.6. The summed E-state index contributed by atoms with van der Waals surface area (Å²) in [5, 5.41) is 5.53. The molecule has 2 saturated heterocycles. The van der Waals surface area contributed by atoms with E-state index in [1.165, 1.54) is 120 Å². The van der Waals surface area contributed by atoms with Crippen molar-refractivity contribution in [2.75, 3.05) is 36.0 Å². The Morgan fingerprint density at radius 3 is 1.29 bits per heavy atom. The van der Waals surface area contributed by atoms with E-state index in [1.54, 1.807) is 0 Å². The molecule has 0 bridgehead atoms. The zero-order chi connectivity index (χ0) is 23.8. The van der Waals surface area contributed by atoms with Gasteiger partial charge >= 0.3 is 0 Å². The molecule has 0 amide bonds. The van der Waals surface area contributed by atoms with Gasteiger partial charge in [0.15, 0.2) is 0 Å². The highest BCUT2D eigenvalue weighted by atomic mass is 35.5. The number of anilines is 2. The highest BCUT2D eigenvalue weighted by Crippen LogP contribution is 2.31. The fourth-order valence-electron chi connectivity index (χ4n) is 6.27. The van der Waals surface area contributed by atoms with Gasteiger partial charge in [0, 0.05) is 37.6 Å². The Bertz CT molecular complexity index is 1270. The average molecular weight is 572 g/mol. The normalized spacial score (nSPS) is 15.5. The second-order valence-electron chi connectivity index (χ2n) is 10.9. The molecule has 4 aromatic rings. The molecule has 0 aliphatic carbocycles. The molecule has 0 saturated carbocycles. The second-order valence-corrected chi connectivity index (χ2v) is 10.9. The molecule has 0 N–H and O–H groups in total. The molecule has 2 fully saturated rings. The first-order valence-electron chi connectivity index (χ1n) is 13.7. The summed E-state index contributed by atoms with van der Waals surface area (Å²) in [7, 11) is 0. The van der Waals surface area contributed by atoms with E-state index in [0.717, 1.165) is 6.42 Å². The Labute approximate surface area is 247 Å². The Balaban J connectivity index is 0.00000133. The van der Waals surface area contributed by atoms with Gasteiger partial charge in [-0.1, -0.05) is 36.4 Å². The number of rotatable bonds is 4. The van der Waals surface area contributed by atoms with Crippen LogP contribution in [0.15, 0.2) is 60.7 Å². The number of benzene rings is 4. The predicted octanol–water partition coefficient (Wildman–Crippen LogP) is 9.45. The lowest BCUT2D eigenvalue weighted by Gasteiger charge is -2.29. The molecule has 38 heavy (non-hydrogen) atoms. The zero-order valence-corrected chi connectivity index (χ0v) is 25.1. The summed E-state index contributed by atoms with van der Waals surface area (Å²) < 4.78 is 0. The van der Waals surface area contributed by atoms with Crippen LogP contribution in [0.25, 0.3) is 21.5 Å². The summed E-state index contributed by atoms with van der Waals surface area (Å²) >= 11 is 0. The first-order chi connectivity index (χ1) is 17.1. The van der Waals surface area contributed by atoms with Gasteiger partial charge in [-0.15, -0.1) is 37.2 Å². The van der Waals surface area contributed by atoms with Crippen LogP contribution < -0.4 is 9.80 Å². The van der Waals surface area contributed by atoms with E-state index in [-0.39, 0.29) is 37.2 Å². The molecular weight excluding hydrogens is 531 g/mol. The molecule has 5 heteroatoms. The standard InChI is InChI=1S/C33H38N2.3ClH/c1-24-17-30(34-13-5-3-6-14-34)22-28-11-9-26(20-32(24)28)19-27-10-12-29-23-31(18-25(2)33(29)21-27)35-15-7-4-8-16-35;;;/h9-12,17-18,20-23H,3-8,13-16,19H2,1-2H3;3*1H. The van der Waals surface area contributed by atoms with Crippen LogP contribution >= 0.6 is 37.2 Å². The van der Waals surface area contributed by atoms with Crippen LogP contribution in [-0.2, 0) is 6.42 Å². The van der Waals surface area contributed by atoms with Crippen LogP contribution in [-0.4, -0.2) is 26.2 Å². The van der Waals surface area contributed by atoms with Crippen molar-refractivity contribution in [2.45, 2.75) is 58.8 Å². The minimum Gasteiger partial charge on any atom is -0.372 e. The molecule has 0 spiro atoms. The largest absolute Gasteiger partial charge is 0.372 e. The third kappa shape index (κ3) is 6.36. The summed E-state index contributed by atoms with van der Waals surface area (Å²) in [4.78, 5) is 5.13. The van der Waals surface area contributed by atoms with Crippen LogP contribution in [0.1, 0.15) is 60.8 Å². The summed E-state index contributed by atoms with van der Waals surface area (Å²) in [6.45, 7) is 9.35. The molecular formula is C33H41Cl3N2. The van der Waals surface area contributed by atoms with Crippen LogP contribution in [0.2, 0.25) is 0 Å². The van der Waals surface area contributed by atoms with Gasteiger partial charge in [-0.3, -0.25) is 0 Å². The number of hydrogen-bond acceptors (Lipinski definition) is 2. The third-order valence-corrected chi connectivity index (χ3v) is 8.27. The SMILES string of the molecule is Cc1cc(N2CCCCC2)cc2ccc(Cc3ccc4cc(N5CCCCC5)cc(C)c4c3)cc12.Cl.Cl.Cl. The summed E-state index contributed by atoms with van der Waals surface area (Å²) in [6.07, 6.45) is 9.01. The van der Waals surface area contributed by atoms with E-state index in [4.69, 9.17) is 0 Å².